The third-order valence-electron chi connectivity index (χ3n) is 3.87. The highest BCUT2D eigenvalue weighted by Crippen LogP contribution is 2.27. The molecule has 0 saturated carbocycles. The van der Waals surface area contributed by atoms with Gasteiger partial charge in [-0.15, -0.1) is 0 Å². The second-order valence-corrected chi connectivity index (χ2v) is 6.20. The van der Waals surface area contributed by atoms with E-state index in [1.54, 1.807) is 0 Å². The lowest BCUT2D eigenvalue weighted by molar-refractivity contribution is -0.137. The van der Waals surface area contributed by atoms with Crippen LogP contribution < -0.4 is 16.4 Å². The summed E-state index contributed by atoms with van der Waals surface area (Å²) in [7, 11) is 0. The van der Waals surface area contributed by atoms with Gasteiger partial charge < -0.3 is 21.3 Å². The molecule has 0 spiro atoms. The van der Waals surface area contributed by atoms with Crippen molar-refractivity contribution in [3.05, 3.63) is 71.8 Å². The fourth-order valence-electron chi connectivity index (χ4n) is 2.63. The topological polar surface area (TPSA) is 142 Å². The van der Waals surface area contributed by atoms with Crippen molar-refractivity contribution in [1.82, 2.24) is 10.6 Å². The number of nitrogens with two attached hydrogens (primary N) is 1. The molecular formula is C21H27N3O5. The third kappa shape index (κ3) is 11.3. The molecule has 0 aromatic heterocycles. The number of benzene rings is 2. The predicted octanol–water partition coefficient (Wildman–Crippen LogP) is 1.03. The molecule has 1 amide bonds. The molecule has 0 fully saturated rings. The number of primary amides is 1. The number of aliphatic carboxylic acids is 2. The molecule has 0 bridgehead atoms. The fourth-order valence-corrected chi connectivity index (χ4v) is 2.63. The maximum atomic E-state index is 10.5. The molecule has 0 aliphatic heterocycles. The van der Waals surface area contributed by atoms with E-state index in [0.717, 1.165) is 6.42 Å². The molecule has 8 nitrogen and oxygen atoms in total. The van der Waals surface area contributed by atoms with Crippen molar-refractivity contribution in [3.8, 4) is 0 Å². The summed E-state index contributed by atoms with van der Waals surface area (Å²) in [6, 6.07) is 20.6. The Morgan fingerprint density at radius 1 is 0.759 bits per heavy atom. The molecule has 8 heteroatoms. The van der Waals surface area contributed by atoms with E-state index in [9.17, 15) is 14.4 Å². The van der Waals surface area contributed by atoms with Crippen LogP contribution in [0.2, 0.25) is 0 Å². The number of hydrogen-bond acceptors (Lipinski definition) is 5. The second kappa shape index (κ2) is 13.9. The number of rotatable bonds is 11. The molecule has 156 valence electrons. The van der Waals surface area contributed by atoms with E-state index in [0.29, 0.717) is 12.5 Å². The number of amides is 1. The van der Waals surface area contributed by atoms with Crippen LogP contribution in [0.1, 0.15) is 23.5 Å². The zero-order chi connectivity index (χ0) is 21.5. The monoisotopic (exact) mass is 401 g/mol. The van der Waals surface area contributed by atoms with Crippen LogP contribution in [0, 0.1) is 0 Å². The van der Waals surface area contributed by atoms with Crippen molar-refractivity contribution < 1.29 is 24.6 Å². The maximum absolute atomic E-state index is 10.5. The molecule has 6 N–H and O–H groups in total. The lowest BCUT2D eigenvalue weighted by Crippen LogP contribution is -2.32. The van der Waals surface area contributed by atoms with Crippen LogP contribution >= 0.6 is 0 Å². The van der Waals surface area contributed by atoms with Gasteiger partial charge >= 0.3 is 11.9 Å². The Bertz CT molecular complexity index is 700. The Kier molecular flexibility index (Phi) is 11.4. The van der Waals surface area contributed by atoms with E-state index < -0.39 is 17.8 Å². The van der Waals surface area contributed by atoms with Crippen molar-refractivity contribution in [1.29, 1.82) is 0 Å². The molecule has 0 aliphatic rings. The number of hydrogen-bond donors (Lipinski definition) is 5. The normalized spacial score (nSPS) is 10.1. The van der Waals surface area contributed by atoms with Crippen molar-refractivity contribution in [2.45, 2.75) is 12.3 Å². The van der Waals surface area contributed by atoms with Crippen LogP contribution in [0.3, 0.4) is 0 Å². The summed E-state index contributed by atoms with van der Waals surface area (Å²) in [4.78, 5) is 30.2. The van der Waals surface area contributed by atoms with Gasteiger partial charge in [0.05, 0.1) is 19.6 Å². The molecule has 0 atom stereocenters. The largest absolute Gasteiger partial charge is 0.480 e. The summed E-state index contributed by atoms with van der Waals surface area (Å²) in [5, 5.41) is 21.9. The summed E-state index contributed by atoms with van der Waals surface area (Å²) >= 11 is 0. The van der Waals surface area contributed by atoms with Crippen LogP contribution in [0.5, 0.6) is 0 Å². The van der Waals surface area contributed by atoms with E-state index >= 15 is 0 Å². The summed E-state index contributed by atoms with van der Waals surface area (Å²) in [5.41, 5.74) is 7.20. The first-order valence-corrected chi connectivity index (χ1v) is 9.13. The predicted molar refractivity (Wildman–Crippen MR) is 110 cm³/mol. The molecule has 0 radical (unpaired) electrons. The molecule has 2 rings (SSSR count). The summed E-state index contributed by atoms with van der Waals surface area (Å²) in [6.45, 7) is 0.367. The minimum atomic E-state index is -1.00. The highest BCUT2D eigenvalue weighted by Gasteiger charge is 2.13. The molecule has 0 unspecified atom stereocenters. The summed E-state index contributed by atoms with van der Waals surface area (Å²) in [6.07, 6.45) is 0.876. The quantitative estimate of drug-likeness (QED) is 0.354. The summed E-state index contributed by atoms with van der Waals surface area (Å²) in [5.74, 6) is -2.09. The number of carbonyl (C=O) groups is 3. The van der Waals surface area contributed by atoms with Crippen molar-refractivity contribution in [2.75, 3.05) is 26.2 Å². The van der Waals surface area contributed by atoms with Crippen molar-refractivity contribution in [3.63, 3.8) is 0 Å². The average Bonchev–Trinajstić information content (AvgIpc) is 2.69. The number of carboxylic acids is 2. The van der Waals surface area contributed by atoms with Gasteiger partial charge in [-0.1, -0.05) is 60.7 Å². The van der Waals surface area contributed by atoms with Gasteiger partial charge in [-0.3, -0.25) is 19.7 Å². The molecule has 0 heterocycles. The van der Waals surface area contributed by atoms with Gasteiger partial charge in [-0.25, -0.2) is 0 Å². The lowest BCUT2D eigenvalue weighted by Gasteiger charge is -2.18. The first kappa shape index (κ1) is 23.8. The summed E-state index contributed by atoms with van der Waals surface area (Å²) < 4.78 is 0. The zero-order valence-corrected chi connectivity index (χ0v) is 16.1. The van der Waals surface area contributed by atoms with Gasteiger partial charge in [0, 0.05) is 5.92 Å². The Labute approximate surface area is 169 Å². The number of carboxylic acid groups (broad SMARTS) is 2. The van der Waals surface area contributed by atoms with E-state index in [1.807, 2.05) is 36.4 Å². The molecular weight excluding hydrogens is 374 g/mol. The standard InChI is InChI=1S/C17H19NO2.C4H8N2O3/c19-17(20)13-18-12-11-16(14-7-3-1-4-8-14)15-9-5-2-6-10-15;5-3(7)1-6-2-4(8)9/h1-10,16,18H,11-13H2,(H,19,20);6H,1-2H2,(H2,5,7)(H,8,9). The highest BCUT2D eigenvalue weighted by atomic mass is 16.4. The zero-order valence-electron chi connectivity index (χ0n) is 16.1. The van der Waals surface area contributed by atoms with Crippen LogP contribution in [0.4, 0.5) is 0 Å². The van der Waals surface area contributed by atoms with Crippen LogP contribution in [-0.2, 0) is 14.4 Å². The van der Waals surface area contributed by atoms with Gasteiger partial charge in [0.2, 0.25) is 5.91 Å². The van der Waals surface area contributed by atoms with E-state index in [4.69, 9.17) is 10.2 Å². The first-order chi connectivity index (χ1) is 13.9. The van der Waals surface area contributed by atoms with Gasteiger partial charge in [-0.05, 0) is 24.1 Å². The van der Waals surface area contributed by atoms with Crippen molar-refractivity contribution >= 4 is 17.8 Å². The smallest absolute Gasteiger partial charge is 0.317 e. The Morgan fingerprint density at radius 2 is 1.21 bits per heavy atom. The number of nitrogens with one attached hydrogen (secondary N) is 2. The minimum absolute atomic E-state index is 0.0102. The molecule has 2 aromatic rings. The van der Waals surface area contributed by atoms with Crippen LogP contribution in [0.25, 0.3) is 0 Å². The van der Waals surface area contributed by atoms with Gasteiger partial charge in [-0.2, -0.15) is 0 Å². The second-order valence-electron chi connectivity index (χ2n) is 6.20. The van der Waals surface area contributed by atoms with Gasteiger partial charge in [0.15, 0.2) is 0 Å². The average molecular weight is 401 g/mol. The van der Waals surface area contributed by atoms with Crippen molar-refractivity contribution in [2.24, 2.45) is 5.73 Å². The Balaban J connectivity index is 0.000000396. The van der Waals surface area contributed by atoms with Crippen LogP contribution in [0.15, 0.2) is 60.7 Å². The number of carbonyl (C=O) groups excluding carboxylic acids is 1. The highest BCUT2D eigenvalue weighted by molar-refractivity contribution is 5.77. The van der Waals surface area contributed by atoms with E-state index in [2.05, 4.69) is 40.6 Å². The first-order valence-electron chi connectivity index (χ1n) is 9.13. The fraction of sp³-hybridized carbons (Fsp3) is 0.286. The molecule has 29 heavy (non-hydrogen) atoms. The Hall–Kier alpha value is -3.23. The molecule has 2 aromatic carbocycles. The minimum Gasteiger partial charge on any atom is -0.480 e. The lowest BCUT2D eigenvalue weighted by atomic mass is 9.88. The molecule has 0 saturated heterocycles. The van der Waals surface area contributed by atoms with Gasteiger partial charge in [0.25, 0.3) is 0 Å². The van der Waals surface area contributed by atoms with E-state index in [1.165, 1.54) is 11.1 Å². The van der Waals surface area contributed by atoms with Crippen LogP contribution in [-0.4, -0.2) is 54.2 Å². The van der Waals surface area contributed by atoms with E-state index in [-0.39, 0.29) is 19.6 Å². The van der Waals surface area contributed by atoms with Gasteiger partial charge in [0.1, 0.15) is 0 Å². The Morgan fingerprint density at radius 3 is 1.62 bits per heavy atom. The SMILES string of the molecule is NC(=O)CNCC(=O)O.O=C(O)CNCCC(c1ccccc1)c1ccccc1. The molecule has 0 aliphatic carbocycles. The maximum Gasteiger partial charge on any atom is 0.317 e. The third-order valence-corrected chi connectivity index (χ3v) is 3.87.